The van der Waals surface area contributed by atoms with Crippen LogP contribution in [-0.2, 0) is 0 Å². The first-order chi connectivity index (χ1) is 27.2. The van der Waals surface area contributed by atoms with E-state index in [9.17, 15) is 0 Å². The monoisotopic (exact) mass is 719 g/mol. The fraction of sp³-hybridized carbons (Fsp3) is 0. The van der Waals surface area contributed by atoms with Crippen molar-refractivity contribution in [2.75, 3.05) is 0 Å². The Kier molecular flexibility index (Phi) is 8.36. The van der Waals surface area contributed by atoms with Gasteiger partial charge in [0.15, 0.2) is 17.5 Å². The molecule has 4 heteroatoms. The van der Waals surface area contributed by atoms with E-state index in [1.807, 2.05) is 23.5 Å². The van der Waals surface area contributed by atoms with Gasteiger partial charge < -0.3 is 0 Å². The van der Waals surface area contributed by atoms with Crippen LogP contribution in [0.1, 0.15) is 0 Å². The molecule has 0 saturated heterocycles. The molecule has 55 heavy (non-hydrogen) atoms. The Morgan fingerprint density at radius 3 is 1.27 bits per heavy atom. The minimum Gasteiger partial charge on any atom is -0.208 e. The summed E-state index contributed by atoms with van der Waals surface area (Å²) in [4.78, 5) is 15.3. The van der Waals surface area contributed by atoms with Gasteiger partial charge in [-0.05, 0) is 62.7 Å². The van der Waals surface area contributed by atoms with Gasteiger partial charge in [-0.15, -0.1) is 11.3 Å². The normalized spacial score (nSPS) is 11.3. The number of aromatic nitrogens is 3. The lowest BCUT2D eigenvalue weighted by atomic mass is 9.98. The fourth-order valence-electron chi connectivity index (χ4n) is 7.35. The summed E-state index contributed by atoms with van der Waals surface area (Å²) in [5.74, 6) is 1.93. The maximum atomic E-state index is 5.13. The van der Waals surface area contributed by atoms with Gasteiger partial charge >= 0.3 is 0 Å². The Hall–Kier alpha value is -7.01. The first-order valence-electron chi connectivity index (χ1n) is 18.4. The fourth-order valence-corrected chi connectivity index (χ4v) is 8.52. The van der Waals surface area contributed by atoms with E-state index in [4.69, 9.17) is 15.0 Å². The summed E-state index contributed by atoms with van der Waals surface area (Å²) in [5, 5.41) is 2.52. The largest absolute Gasteiger partial charge is 0.208 e. The van der Waals surface area contributed by atoms with Gasteiger partial charge in [-0.1, -0.05) is 182 Å². The van der Waals surface area contributed by atoms with Gasteiger partial charge in [0.1, 0.15) is 0 Å². The maximum Gasteiger partial charge on any atom is 0.164 e. The van der Waals surface area contributed by atoms with Gasteiger partial charge in [0.2, 0.25) is 0 Å². The number of hydrogen-bond donors (Lipinski definition) is 0. The highest BCUT2D eigenvalue weighted by Gasteiger charge is 2.16. The molecule has 258 valence electrons. The second-order valence-corrected chi connectivity index (χ2v) is 14.7. The molecule has 0 saturated carbocycles. The van der Waals surface area contributed by atoms with Crippen LogP contribution in [0.25, 0.3) is 98.8 Å². The Balaban J connectivity index is 1.06. The second kappa shape index (κ2) is 14.1. The Morgan fingerprint density at radius 1 is 0.273 bits per heavy atom. The van der Waals surface area contributed by atoms with E-state index in [1.165, 1.54) is 48.0 Å². The van der Waals surface area contributed by atoms with E-state index < -0.39 is 0 Å². The molecule has 3 nitrogen and oxygen atoms in total. The smallest absolute Gasteiger partial charge is 0.164 e. The zero-order valence-corrected chi connectivity index (χ0v) is 30.6. The minimum absolute atomic E-state index is 0.638. The number of fused-ring (bicyclic) bond motifs is 3. The van der Waals surface area contributed by atoms with Crippen molar-refractivity contribution in [3.05, 3.63) is 200 Å². The molecule has 0 N–H and O–H groups in total. The van der Waals surface area contributed by atoms with Crippen LogP contribution < -0.4 is 0 Å². The van der Waals surface area contributed by atoms with Crippen LogP contribution in [0.2, 0.25) is 0 Å². The van der Waals surface area contributed by atoms with Crippen molar-refractivity contribution in [1.82, 2.24) is 15.0 Å². The number of rotatable bonds is 7. The average Bonchev–Trinajstić information content (AvgIpc) is 3.66. The van der Waals surface area contributed by atoms with Crippen molar-refractivity contribution in [2.24, 2.45) is 0 Å². The van der Waals surface area contributed by atoms with Crippen LogP contribution in [0.15, 0.2) is 200 Å². The van der Waals surface area contributed by atoms with Gasteiger partial charge in [0.05, 0.1) is 0 Å². The summed E-state index contributed by atoms with van der Waals surface area (Å²) in [5.41, 5.74) is 12.3. The Morgan fingerprint density at radius 2 is 0.691 bits per heavy atom. The molecule has 0 spiro atoms. The average molecular weight is 720 g/mol. The number of hydrogen-bond acceptors (Lipinski definition) is 4. The Bertz CT molecular complexity index is 2940. The molecule has 0 radical (unpaired) electrons. The Labute approximate surface area is 323 Å². The summed E-state index contributed by atoms with van der Waals surface area (Å²) in [6, 6.07) is 70.5. The number of thiophene rings is 1. The van der Waals surface area contributed by atoms with Crippen molar-refractivity contribution < 1.29 is 0 Å². The summed E-state index contributed by atoms with van der Waals surface area (Å²) in [6.45, 7) is 0. The lowest BCUT2D eigenvalue weighted by Crippen LogP contribution is -2.00. The molecule has 2 aromatic heterocycles. The standard InChI is InChI=1S/C51H33N3S/c1-4-12-34(13-5-1)36-22-26-39(27-23-36)49-52-50(40-28-24-37(25-29-40)42-19-10-18-41(32-42)35-14-6-2-7-15-35)54-51(53-49)43-30-31-45-47(33-43)55-46-21-11-20-44(48(45)46)38-16-8-3-9-17-38/h1-33H. The molecule has 2 heterocycles. The first-order valence-corrected chi connectivity index (χ1v) is 19.2. The van der Waals surface area contributed by atoms with Crippen LogP contribution >= 0.6 is 11.3 Å². The molecule has 0 amide bonds. The molecule has 8 aromatic carbocycles. The van der Waals surface area contributed by atoms with E-state index in [0.717, 1.165) is 33.4 Å². The third-order valence-corrected chi connectivity index (χ3v) is 11.3. The van der Waals surface area contributed by atoms with Gasteiger partial charge in [-0.2, -0.15) is 0 Å². The molecule has 0 aliphatic heterocycles. The van der Waals surface area contributed by atoms with Crippen LogP contribution in [0, 0.1) is 0 Å². The summed E-state index contributed by atoms with van der Waals surface area (Å²) in [6.07, 6.45) is 0. The van der Waals surface area contributed by atoms with Crippen molar-refractivity contribution in [1.29, 1.82) is 0 Å². The minimum atomic E-state index is 0.638. The molecule has 0 bridgehead atoms. The van der Waals surface area contributed by atoms with E-state index in [-0.39, 0.29) is 0 Å². The van der Waals surface area contributed by atoms with Gasteiger partial charge in [0, 0.05) is 36.9 Å². The highest BCUT2D eigenvalue weighted by atomic mass is 32.1. The SMILES string of the molecule is c1ccc(-c2ccc(-c3nc(-c4ccc(-c5cccc(-c6ccccc6)c5)cc4)nc(-c4ccc5c(c4)sc4cccc(-c6ccccc6)c45)n3)cc2)cc1. The van der Waals surface area contributed by atoms with Crippen LogP contribution in [0.5, 0.6) is 0 Å². The third-order valence-electron chi connectivity index (χ3n) is 10.2. The summed E-state index contributed by atoms with van der Waals surface area (Å²) < 4.78 is 2.46. The predicted octanol–water partition coefficient (Wildman–Crippen LogP) is 13.9. The summed E-state index contributed by atoms with van der Waals surface area (Å²) in [7, 11) is 0. The van der Waals surface area contributed by atoms with Crippen molar-refractivity contribution in [3.63, 3.8) is 0 Å². The van der Waals surface area contributed by atoms with Crippen molar-refractivity contribution in [3.8, 4) is 78.7 Å². The third kappa shape index (κ3) is 6.39. The van der Waals surface area contributed by atoms with Crippen molar-refractivity contribution in [2.45, 2.75) is 0 Å². The van der Waals surface area contributed by atoms with Crippen molar-refractivity contribution >= 4 is 31.5 Å². The van der Waals surface area contributed by atoms with E-state index in [0.29, 0.717) is 17.5 Å². The van der Waals surface area contributed by atoms with Crippen LogP contribution in [0.4, 0.5) is 0 Å². The molecule has 10 rings (SSSR count). The molecule has 0 fully saturated rings. The second-order valence-electron chi connectivity index (χ2n) is 13.6. The zero-order chi connectivity index (χ0) is 36.6. The van der Waals surface area contributed by atoms with E-state index in [1.54, 1.807) is 0 Å². The van der Waals surface area contributed by atoms with Crippen LogP contribution in [-0.4, -0.2) is 15.0 Å². The van der Waals surface area contributed by atoms with E-state index in [2.05, 4.69) is 188 Å². The summed E-state index contributed by atoms with van der Waals surface area (Å²) >= 11 is 1.81. The van der Waals surface area contributed by atoms with Gasteiger partial charge in [-0.25, -0.2) is 15.0 Å². The number of benzene rings is 8. The lowest BCUT2D eigenvalue weighted by molar-refractivity contribution is 1.07. The highest BCUT2D eigenvalue weighted by molar-refractivity contribution is 7.26. The quantitative estimate of drug-likeness (QED) is 0.165. The molecule has 10 aromatic rings. The zero-order valence-electron chi connectivity index (χ0n) is 29.8. The molecule has 0 unspecified atom stereocenters. The lowest BCUT2D eigenvalue weighted by Gasteiger charge is -2.10. The molecule has 0 atom stereocenters. The topological polar surface area (TPSA) is 38.7 Å². The molecular formula is C51H33N3S. The number of nitrogens with zero attached hydrogens (tertiary/aromatic N) is 3. The van der Waals surface area contributed by atoms with Gasteiger partial charge in [0.25, 0.3) is 0 Å². The molecule has 0 aliphatic rings. The molecular weight excluding hydrogens is 687 g/mol. The highest BCUT2D eigenvalue weighted by Crippen LogP contribution is 2.41. The molecule has 0 aliphatic carbocycles. The first kappa shape index (κ1) is 32.6. The predicted molar refractivity (Wildman–Crippen MR) is 231 cm³/mol. The van der Waals surface area contributed by atoms with Gasteiger partial charge in [-0.3, -0.25) is 0 Å². The van der Waals surface area contributed by atoms with Crippen LogP contribution in [0.3, 0.4) is 0 Å². The van der Waals surface area contributed by atoms with E-state index >= 15 is 0 Å². The maximum absolute atomic E-state index is 5.13.